The molecule has 0 saturated carbocycles. The second-order valence-corrected chi connectivity index (χ2v) is 10.9. The molecule has 0 spiro atoms. The van der Waals surface area contributed by atoms with Gasteiger partial charge in [-0.25, -0.2) is 0 Å². The molecule has 0 aromatic heterocycles. The largest absolute Gasteiger partial charge is 0.394 e. The Balaban J connectivity index is 4.50. The maximum absolute atomic E-state index is 12.5. The zero-order valence-electron chi connectivity index (χ0n) is 25.4. The number of allylic oxidation sites excluding steroid dienone is 3. The Bertz CT molecular complexity index is 628. The van der Waals surface area contributed by atoms with Gasteiger partial charge in [0.2, 0.25) is 5.91 Å². The molecule has 0 aliphatic rings. The number of rotatable bonds is 28. The molecule has 0 bridgehead atoms. The van der Waals surface area contributed by atoms with E-state index in [1.807, 2.05) is 6.08 Å². The van der Waals surface area contributed by atoms with E-state index in [2.05, 4.69) is 31.3 Å². The van der Waals surface area contributed by atoms with Crippen molar-refractivity contribution in [2.75, 3.05) is 19.8 Å². The maximum atomic E-state index is 12.5. The number of unbranched alkanes of at least 4 members (excludes halogenated alkanes) is 12. The minimum Gasteiger partial charge on any atom is -0.394 e. The lowest BCUT2D eigenvalue weighted by Gasteiger charge is -2.28. The molecule has 8 heteroatoms. The van der Waals surface area contributed by atoms with Crippen LogP contribution >= 0.6 is 0 Å². The van der Waals surface area contributed by atoms with Gasteiger partial charge in [-0.05, 0) is 19.3 Å². The molecule has 0 rings (SSSR count). The normalized spacial score (nSPS) is 15.9. The summed E-state index contributed by atoms with van der Waals surface area (Å²) in [5, 5.41) is 52.4. The van der Waals surface area contributed by atoms with Crippen molar-refractivity contribution in [3.05, 3.63) is 24.3 Å². The van der Waals surface area contributed by atoms with Crippen molar-refractivity contribution in [3.63, 3.8) is 0 Å². The highest BCUT2D eigenvalue weighted by atomic mass is 16.5. The molecule has 40 heavy (non-hydrogen) atoms. The van der Waals surface area contributed by atoms with E-state index in [0.29, 0.717) is 6.42 Å². The number of carbonyl (C=O) groups is 1. The van der Waals surface area contributed by atoms with Gasteiger partial charge in [-0.15, -0.1) is 0 Å². The summed E-state index contributed by atoms with van der Waals surface area (Å²) in [7, 11) is 0. The van der Waals surface area contributed by atoms with Gasteiger partial charge in [-0.3, -0.25) is 4.79 Å². The van der Waals surface area contributed by atoms with E-state index in [1.54, 1.807) is 6.08 Å². The second kappa shape index (κ2) is 27.9. The fourth-order valence-corrected chi connectivity index (χ4v) is 4.42. The number of aliphatic hydroxyl groups excluding tert-OH is 5. The summed E-state index contributed by atoms with van der Waals surface area (Å²) in [5.41, 5.74) is 0. The molecule has 6 N–H and O–H groups in total. The van der Waals surface area contributed by atoms with Crippen molar-refractivity contribution in [1.82, 2.24) is 5.32 Å². The van der Waals surface area contributed by atoms with Crippen LogP contribution in [0.25, 0.3) is 0 Å². The third-order valence-electron chi connectivity index (χ3n) is 7.09. The Morgan fingerprint density at radius 2 is 1.27 bits per heavy atom. The average molecular weight is 572 g/mol. The van der Waals surface area contributed by atoms with Crippen LogP contribution in [-0.2, 0) is 9.53 Å². The van der Waals surface area contributed by atoms with Gasteiger partial charge in [0.15, 0.2) is 0 Å². The van der Waals surface area contributed by atoms with Crippen molar-refractivity contribution in [2.24, 2.45) is 0 Å². The first kappa shape index (κ1) is 38.7. The first-order valence-corrected chi connectivity index (χ1v) is 15.9. The van der Waals surface area contributed by atoms with Crippen LogP contribution in [0.4, 0.5) is 0 Å². The predicted octanol–water partition coefficient (Wildman–Crippen LogP) is 4.71. The summed E-state index contributed by atoms with van der Waals surface area (Å²) in [5.74, 6) is -0.310. The van der Waals surface area contributed by atoms with Crippen LogP contribution in [0.5, 0.6) is 0 Å². The van der Waals surface area contributed by atoms with Crippen molar-refractivity contribution >= 4 is 5.91 Å². The number of hydrogen-bond acceptors (Lipinski definition) is 7. The van der Waals surface area contributed by atoms with Crippen LogP contribution in [0.1, 0.15) is 123 Å². The van der Waals surface area contributed by atoms with Crippen molar-refractivity contribution in [3.8, 4) is 0 Å². The molecule has 1 amide bonds. The van der Waals surface area contributed by atoms with E-state index < -0.39 is 37.1 Å². The number of carbonyl (C=O) groups excluding carboxylic acids is 1. The molecule has 0 aromatic rings. The van der Waals surface area contributed by atoms with E-state index >= 15 is 0 Å². The van der Waals surface area contributed by atoms with E-state index in [0.717, 1.165) is 38.5 Å². The summed E-state index contributed by atoms with van der Waals surface area (Å²) < 4.78 is 5.42. The standard InChI is InChI=1S/C32H61NO7/c1-3-5-7-9-11-12-13-14-15-17-18-20-22-28(35)32(39)27(25-40-26-30(37)29(36)24-34)33-31(38)23-21-19-16-10-8-6-4-2/h8,10,19,21,27-30,32,34-37,39H,3-7,9,11-18,20,22-26H2,1-2H3,(H,33,38)/t27-,28+,29?,30+,32-/m0/s1. The summed E-state index contributed by atoms with van der Waals surface area (Å²) in [6, 6.07) is -0.879. The highest BCUT2D eigenvalue weighted by Crippen LogP contribution is 2.15. The molecule has 8 nitrogen and oxygen atoms in total. The van der Waals surface area contributed by atoms with E-state index in [-0.39, 0.29) is 25.5 Å². The zero-order valence-corrected chi connectivity index (χ0v) is 25.4. The van der Waals surface area contributed by atoms with Gasteiger partial charge >= 0.3 is 0 Å². The van der Waals surface area contributed by atoms with Crippen LogP contribution in [0.15, 0.2) is 24.3 Å². The van der Waals surface area contributed by atoms with E-state index in [4.69, 9.17) is 9.84 Å². The van der Waals surface area contributed by atoms with Crippen LogP contribution in [0, 0.1) is 0 Å². The van der Waals surface area contributed by atoms with Crippen molar-refractivity contribution in [1.29, 1.82) is 0 Å². The van der Waals surface area contributed by atoms with Gasteiger partial charge in [0.25, 0.3) is 0 Å². The fraction of sp³-hybridized carbons (Fsp3) is 0.844. The SMILES string of the molecule is CCCC=CCC=CCC(=O)N[C@@H](COC[C@@H](O)C(O)CO)[C@H](O)[C@H](O)CCCCCCCCCCCCCC. The summed E-state index contributed by atoms with van der Waals surface area (Å²) in [6.45, 7) is 3.32. The molecular formula is C32H61NO7. The number of amides is 1. The predicted molar refractivity (Wildman–Crippen MR) is 162 cm³/mol. The Kier molecular flexibility index (Phi) is 27.0. The van der Waals surface area contributed by atoms with Gasteiger partial charge in [-0.1, -0.05) is 122 Å². The Labute approximate surface area is 243 Å². The second-order valence-electron chi connectivity index (χ2n) is 10.9. The monoisotopic (exact) mass is 571 g/mol. The molecule has 0 aliphatic carbocycles. The van der Waals surface area contributed by atoms with Crippen LogP contribution in [0.3, 0.4) is 0 Å². The maximum Gasteiger partial charge on any atom is 0.224 e. The Hall–Kier alpha value is -1.29. The van der Waals surface area contributed by atoms with Crippen molar-refractivity contribution < 1.29 is 35.1 Å². The first-order chi connectivity index (χ1) is 19.4. The minimum atomic E-state index is -1.34. The molecule has 0 aromatic carbocycles. The molecule has 0 aliphatic heterocycles. The topological polar surface area (TPSA) is 139 Å². The summed E-state index contributed by atoms with van der Waals surface area (Å²) in [4.78, 5) is 12.5. The molecule has 236 valence electrons. The summed E-state index contributed by atoms with van der Waals surface area (Å²) >= 11 is 0. The molecule has 1 unspecified atom stereocenters. The van der Waals surface area contributed by atoms with Gasteiger partial charge in [0.05, 0.1) is 32.0 Å². The van der Waals surface area contributed by atoms with E-state index in [9.17, 15) is 25.2 Å². The number of aliphatic hydroxyl groups is 5. The average Bonchev–Trinajstić information content (AvgIpc) is 2.95. The zero-order chi connectivity index (χ0) is 29.8. The molecule has 0 heterocycles. The molecule has 0 fully saturated rings. The fourth-order valence-electron chi connectivity index (χ4n) is 4.42. The number of hydrogen-bond donors (Lipinski definition) is 6. The lowest BCUT2D eigenvalue weighted by molar-refractivity contribution is -0.124. The van der Waals surface area contributed by atoms with Gasteiger partial charge < -0.3 is 35.6 Å². The van der Waals surface area contributed by atoms with Gasteiger partial charge in [-0.2, -0.15) is 0 Å². The quantitative estimate of drug-likeness (QED) is 0.0591. The third kappa shape index (κ3) is 22.4. The highest BCUT2D eigenvalue weighted by Gasteiger charge is 2.28. The van der Waals surface area contributed by atoms with Gasteiger partial charge in [0.1, 0.15) is 18.3 Å². The van der Waals surface area contributed by atoms with Crippen LogP contribution in [0.2, 0.25) is 0 Å². The summed E-state index contributed by atoms with van der Waals surface area (Å²) in [6.07, 6.45) is 20.9. The number of ether oxygens (including phenoxy) is 1. The van der Waals surface area contributed by atoms with E-state index in [1.165, 1.54) is 57.8 Å². The van der Waals surface area contributed by atoms with Crippen molar-refractivity contribution in [2.45, 2.75) is 153 Å². The van der Waals surface area contributed by atoms with Crippen LogP contribution in [-0.4, -0.2) is 81.7 Å². The first-order valence-electron chi connectivity index (χ1n) is 15.9. The lowest BCUT2D eigenvalue weighted by Crippen LogP contribution is -2.51. The molecule has 5 atom stereocenters. The van der Waals surface area contributed by atoms with Gasteiger partial charge in [0, 0.05) is 6.42 Å². The third-order valence-corrected chi connectivity index (χ3v) is 7.09. The molecule has 0 radical (unpaired) electrons. The number of nitrogens with one attached hydrogen (secondary N) is 1. The minimum absolute atomic E-state index is 0.130. The highest BCUT2D eigenvalue weighted by molar-refractivity contribution is 5.77. The smallest absolute Gasteiger partial charge is 0.224 e. The Morgan fingerprint density at radius 3 is 1.85 bits per heavy atom. The lowest BCUT2D eigenvalue weighted by atomic mass is 9.99. The molecular weight excluding hydrogens is 510 g/mol. The Morgan fingerprint density at radius 1 is 0.700 bits per heavy atom. The van der Waals surface area contributed by atoms with Crippen LogP contribution < -0.4 is 5.32 Å². The molecule has 0 saturated heterocycles.